The maximum atomic E-state index is 8.58. The largest absolute Gasteiger partial charge is 2.00 e. The predicted molar refractivity (Wildman–Crippen MR) is 33.7 cm³/mol. The van der Waals surface area contributed by atoms with Gasteiger partial charge in [-0.3, -0.25) is 0 Å². The van der Waals surface area contributed by atoms with E-state index in [1.807, 2.05) is 0 Å². The van der Waals surface area contributed by atoms with Crippen LogP contribution in [-0.4, -0.2) is 0 Å². The molecule has 0 aliphatic rings. The van der Waals surface area contributed by atoms with Crippen LogP contribution >= 0.6 is 0 Å². The normalized spacial score (nSPS) is 10.2. The molecule has 74 valence electrons. The van der Waals surface area contributed by atoms with Gasteiger partial charge in [-0.2, -0.15) is 0 Å². The summed E-state index contributed by atoms with van der Waals surface area (Å²) in [4.78, 5) is 6.19. The fourth-order valence-electron chi connectivity index (χ4n) is 0.265. The molecule has 0 saturated heterocycles. The average Bonchev–Trinajstić information content (AvgIpc) is 2.26. The third-order valence-corrected chi connectivity index (χ3v) is 4.89. The van der Waals surface area contributed by atoms with Gasteiger partial charge in [-0.15, -0.1) is 0 Å². The molecule has 0 fully saturated rings. The Labute approximate surface area is 258 Å². The van der Waals surface area contributed by atoms with E-state index in [-0.39, 0.29) is 195 Å². The van der Waals surface area contributed by atoms with E-state index in [0.717, 1.165) is 29.8 Å². The van der Waals surface area contributed by atoms with Crippen LogP contribution in [0.2, 0.25) is 0 Å². The smallest absolute Gasteiger partial charge is 1.00 e. The van der Waals surface area contributed by atoms with Gasteiger partial charge in [0.25, 0.3) is 0 Å². The Kier molecular flexibility index (Phi) is 21.1. The van der Waals surface area contributed by atoms with Gasteiger partial charge >= 0.3 is 267 Å². The first-order chi connectivity index (χ1) is 5.97. The van der Waals surface area contributed by atoms with E-state index in [4.69, 9.17) is 31.6 Å². The SMILES string of the molecule is N#[C][Fe-4]([C]#N)([C]#N)([C]#N)([C]#N)[C]#N.[Cs+].[K+].[Ni+2].[Rb+]. The van der Waals surface area contributed by atoms with Crippen LogP contribution in [0.1, 0.15) is 0 Å². The molecule has 0 atom stereocenters. The molecule has 17 heavy (non-hydrogen) atoms. The Hall–Kier alpha value is 3.45. The van der Waals surface area contributed by atoms with E-state index in [1.54, 1.807) is 0 Å². The third kappa shape index (κ3) is 5.29. The molecule has 0 aliphatic heterocycles. The molecule has 0 spiro atoms. The van der Waals surface area contributed by atoms with Crippen LogP contribution in [0, 0.1) is 61.4 Å². The minimum atomic E-state index is -6.17. The van der Waals surface area contributed by atoms with Crippen LogP contribution in [0.15, 0.2) is 0 Å². The van der Waals surface area contributed by atoms with E-state index in [2.05, 4.69) is 0 Å². The second-order valence-electron chi connectivity index (χ2n) is 1.80. The van der Waals surface area contributed by atoms with E-state index < -0.39 is 10.7 Å². The van der Waals surface area contributed by atoms with Crippen molar-refractivity contribution in [2.24, 2.45) is 0 Å². The molecule has 0 aromatic rings. The van der Waals surface area contributed by atoms with Gasteiger partial charge < -0.3 is 0 Å². The Balaban J connectivity index is -0.000000120. The van der Waals surface area contributed by atoms with Gasteiger partial charge in [0.1, 0.15) is 0 Å². The summed E-state index contributed by atoms with van der Waals surface area (Å²) in [6, 6.07) is 0. The molecule has 0 unspecified atom stereocenters. The molecule has 11 heteroatoms. The van der Waals surface area contributed by atoms with Crippen molar-refractivity contribution in [2.75, 3.05) is 0 Å². The van der Waals surface area contributed by atoms with Gasteiger partial charge in [0.15, 0.2) is 0 Å². The fraction of sp³-hybridized carbons (Fsp3) is 0. The molecule has 0 N–H and O–H groups in total. The van der Waals surface area contributed by atoms with Crippen LogP contribution in [0.3, 0.4) is 0 Å². The van der Waals surface area contributed by atoms with Crippen LogP contribution in [0.25, 0.3) is 0 Å². The number of hydrogen-bond donors (Lipinski definition) is 0. The standard InChI is InChI=1S/6CN.Cs.Fe.K.Ni.Rb/c6*1-2;;;;;/q;;;;;;+1;-4;+1;+2;+1. The summed E-state index contributed by atoms with van der Waals surface area (Å²) in [5.74, 6) is 0. The van der Waals surface area contributed by atoms with Crippen molar-refractivity contribution in [2.45, 2.75) is 0 Å². The first kappa shape index (κ1) is 32.4. The summed E-state index contributed by atoms with van der Waals surface area (Å²) in [6.07, 6.45) is 0. The van der Waals surface area contributed by atoms with Crippen molar-refractivity contribution >= 4 is 0 Å². The summed E-state index contributed by atoms with van der Waals surface area (Å²) in [5.41, 5.74) is 0. The third-order valence-electron chi connectivity index (χ3n) is 1.19. The second-order valence-corrected chi connectivity index (χ2v) is 7.42. The van der Waals surface area contributed by atoms with E-state index in [1.165, 1.54) is 0 Å². The molecule has 0 saturated carbocycles. The zero-order valence-corrected chi connectivity index (χ0v) is 25.8. The second kappa shape index (κ2) is 11.1. The van der Waals surface area contributed by atoms with Crippen molar-refractivity contribution in [3.05, 3.63) is 0 Å². The zero-order valence-electron chi connectivity index (χ0n) is 9.35. The molecular weight excluding hydrogens is 528 g/mol. The molecule has 6 nitrogen and oxygen atoms in total. The fourth-order valence-corrected chi connectivity index (χ4v) is 1.09. The maximum Gasteiger partial charge on any atom is 2.00 e. The summed E-state index contributed by atoms with van der Waals surface area (Å²) in [5, 5.41) is 51.5. The first-order valence-electron chi connectivity index (χ1n) is 2.40. The van der Waals surface area contributed by atoms with Crippen LogP contribution in [0.4, 0.5) is 0 Å². The summed E-state index contributed by atoms with van der Waals surface area (Å²) >= 11 is 0. The zero-order chi connectivity index (χ0) is 10.7. The Morgan fingerprint density at radius 3 is 0.706 bits per heavy atom. The van der Waals surface area contributed by atoms with Crippen molar-refractivity contribution in [1.29, 1.82) is 31.6 Å². The van der Waals surface area contributed by atoms with Gasteiger partial charge in [-0.25, -0.2) is 0 Å². The molecule has 0 aromatic heterocycles. The number of nitrogens with zero attached hydrogens (tertiary/aromatic N) is 6. The van der Waals surface area contributed by atoms with Gasteiger partial charge in [-0.1, -0.05) is 0 Å². The predicted octanol–water partition coefficient (Wildman–Crippen LogP) is -8.89. The molecule has 0 amide bonds. The minimum Gasteiger partial charge on any atom is 1.00 e. The topological polar surface area (TPSA) is 143 Å². The quantitative estimate of drug-likeness (QED) is 0.286. The molecule has 0 heterocycles. The van der Waals surface area contributed by atoms with Gasteiger partial charge in [0.2, 0.25) is 0 Å². The maximum absolute atomic E-state index is 8.58. The van der Waals surface area contributed by atoms with Crippen molar-refractivity contribution in [1.82, 2.24) is 0 Å². The van der Waals surface area contributed by atoms with Crippen LogP contribution in [0.5, 0.6) is 0 Å². The summed E-state index contributed by atoms with van der Waals surface area (Å²) in [7, 11) is -6.17. The van der Waals surface area contributed by atoms with Crippen molar-refractivity contribution in [3.63, 3.8) is 0 Å². The first-order valence-corrected chi connectivity index (χ1v) is 5.71. The molecule has 0 rings (SSSR count). The molecule has 0 bridgehead atoms. The minimum absolute atomic E-state index is 0. The van der Waals surface area contributed by atoms with Crippen molar-refractivity contribution in [3.8, 4) is 29.8 Å². The van der Waals surface area contributed by atoms with E-state index in [0.29, 0.717) is 0 Å². The number of hydrogen-bond acceptors (Lipinski definition) is 6. The van der Waals surface area contributed by atoms with E-state index >= 15 is 0 Å². The number of nitriles is 6. The van der Waals surface area contributed by atoms with Crippen LogP contribution in [-0.2, 0) is 27.2 Å². The Bertz CT molecular complexity index is 408. The summed E-state index contributed by atoms with van der Waals surface area (Å²) in [6.45, 7) is 0. The Morgan fingerprint density at radius 2 is 0.706 bits per heavy atom. The molecule has 0 aliphatic carbocycles. The van der Waals surface area contributed by atoms with Crippen LogP contribution < -0.4 is 178 Å². The Morgan fingerprint density at radius 1 is 0.588 bits per heavy atom. The van der Waals surface area contributed by atoms with Crippen molar-refractivity contribution < 1.29 is 206 Å². The van der Waals surface area contributed by atoms with Gasteiger partial charge in [0, 0.05) is 0 Å². The average molecular weight is 528 g/mol. The van der Waals surface area contributed by atoms with Gasteiger partial charge in [0.05, 0.1) is 0 Å². The monoisotopic (exact) mass is 527 g/mol. The molecule has 0 radical (unpaired) electrons. The molecular formula is C6CsFeKN6NiRb+. The van der Waals surface area contributed by atoms with E-state index in [9.17, 15) is 0 Å². The summed E-state index contributed by atoms with van der Waals surface area (Å²) < 4.78 is 0. The van der Waals surface area contributed by atoms with Gasteiger partial charge in [-0.05, 0) is 0 Å². The molecule has 0 aromatic carbocycles. The number of rotatable bonds is 0.